The molecule has 1 heterocycles. The maximum absolute atomic E-state index is 12.8. The number of rotatable bonds is 5. The van der Waals surface area contributed by atoms with Crippen molar-refractivity contribution < 1.29 is 4.74 Å². The van der Waals surface area contributed by atoms with Crippen molar-refractivity contribution in [2.45, 2.75) is 33.3 Å². The van der Waals surface area contributed by atoms with Crippen LogP contribution in [0.25, 0.3) is 10.9 Å². The highest BCUT2D eigenvalue weighted by atomic mass is 79.9. The Balaban J connectivity index is 2.06. The molecular weight excluding hydrogens is 474 g/mol. The van der Waals surface area contributed by atoms with Crippen molar-refractivity contribution >= 4 is 49.0 Å². The first-order valence-electron chi connectivity index (χ1n) is 8.58. The molecule has 0 bridgehead atoms. The molecule has 0 aliphatic rings. The monoisotopic (exact) mass is 491 g/mol. The van der Waals surface area contributed by atoms with E-state index in [9.17, 15) is 4.79 Å². The molecule has 0 fully saturated rings. The van der Waals surface area contributed by atoms with Gasteiger partial charge in [-0.2, -0.15) is 9.78 Å². The molecule has 0 aliphatic heterocycles. The van der Waals surface area contributed by atoms with E-state index in [-0.39, 0.29) is 11.7 Å². The molecule has 3 rings (SSSR count). The number of ether oxygens (including phenoxy) is 1. The number of hydrogen-bond acceptors (Lipinski definition) is 4. The number of aryl methyl sites for hydroxylation is 1. The Kier molecular flexibility index (Phi) is 6.11. The van der Waals surface area contributed by atoms with Gasteiger partial charge in [0.15, 0.2) is 0 Å². The summed E-state index contributed by atoms with van der Waals surface area (Å²) in [6.45, 7) is 5.85. The number of hydrogen-bond donors (Lipinski definition) is 0. The van der Waals surface area contributed by atoms with Crippen LogP contribution in [0.4, 0.5) is 0 Å². The molecule has 2 aromatic carbocycles. The normalized spacial score (nSPS) is 12.6. The largest absolute Gasteiger partial charge is 0.490 e. The fourth-order valence-corrected chi connectivity index (χ4v) is 3.28. The first-order valence-corrected chi connectivity index (χ1v) is 10.2. The van der Waals surface area contributed by atoms with Crippen LogP contribution in [0.2, 0.25) is 0 Å². The van der Waals surface area contributed by atoms with Gasteiger partial charge in [-0.3, -0.25) is 4.79 Å². The third-order valence-corrected chi connectivity index (χ3v) is 5.14. The van der Waals surface area contributed by atoms with E-state index in [1.807, 2.05) is 37.3 Å². The topological polar surface area (TPSA) is 56.5 Å². The van der Waals surface area contributed by atoms with Crippen LogP contribution >= 0.6 is 31.9 Å². The van der Waals surface area contributed by atoms with Gasteiger partial charge in [0.05, 0.1) is 23.2 Å². The van der Waals surface area contributed by atoms with Crippen LogP contribution in [0.15, 0.2) is 55.2 Å². The van der Waals surface area contributed by atoms with Gasteiger partial charge in [0.1, 0.15) is 11.6 Å². The third-order valence-electron chi connectivity index (χ3n) is 4.16. The lowest BCUT2D eigenvalue weighted by Gasteiger charge is -2.15. The predicted molar refractivity (Wildman–Crippen MR) is 116 cm³/mol. The lowest BCUT2D eigenvalue weighted by atomic mass is 10.2. The van der Waals surface area contributed by atoms with Crippen LogP contribution in [0, 0.1) is 6.92 Å². The van der Waals surface area contributed by atoms with Crippen LogP contribution in [-0.2, 0) is 0 Å². The van der Waals surface area contributed by atoms with Crippen molar-refractivity contribution in [3.63, 3.8) is 0 Å². The van der Waals surface area contributed by atoms with Crippen LogP contribution in [0.1, 0.15) is 31.7 Å². The molecule has 0 saturated carbocycles. The van der Waals surface area contributed by atoms with E-state index in [1.165, 1.54) is 4.68 Å². The Morgan fingerprint density at radius 2 is 1.93 bits per heavy atom. The Hall–Kier alpha value is -1.99. The quantitative estimate of drug-likeness (QED) is 0.454. The van der Waals surface area contributed by atoms with E-state index in [4.69, 9.17) is 4.74 Å². The van der Waals surface area contributed by atoms with E-state index >= 15 is 0 Å². The first-order chi connectivity index (χ1) is 12.9. The minimum atomic E-state index is -0.213. The highest BCUT2D eigenvalue weighted by Crippen LogP contribution is 2.23. The van der Waals surface area contributed by atoms with Gasteiger partial charge in [-0.25, -0.2) is 4.98 Å². The summed E-state index contributed by atoms with van der Waals surface area (Å²) < 4.78 is 9.00. The van der Waals surface area contributed by atoms with E-state index in [0.29, 0.717) is 16.7 Å². The Bertz CT molecular complexity index is 1080. The maximum Gasteiger partial charge on any atom is 0.282 e. The highest BCUT2D eigenvalue weighted by molar-refractivity contribution is 9.10. The number of aromatic nitrogens is 2. The Labute approximate surface area is 174 Å². The molecule has 0 saturated heterocycles. The van der Waals surface area contributed by atoms with Crippen molar-refractivity contribution in [1.29, 1.82) is 0 Å². The second-order valence-electron chi connectivity index (χ2n) is 6.20. The standard InChI is InChI=1S/C20H19Br2N3O2/c1-4-12(2)27-19-8-6-15(21)9-14(19)11-23-25-13(3)24-18-7-5-16(22)10-17(18)20(25)26/h5-12H,4H2,1-3H3/t12-/m0/s1. The minimum absolute atomic E-state index is 0.0856. The van der Waals surface area contributed by atoms with Gasteiger partial charge in [0.25, 0.3) is 5.56 Å². The smallest absolute Gasteiger partial charge is 0.282 e. The molecule has 27 heavy (non-hydrogen) atoms. The SMILES string of the molecule is CC[C@H](C)Oc1ccc(Br)cc1C=Nn1c(C)nc2ccc(Br)cc2c1=O. The minimum Gasteiger partial charge on any atom is -0.490 e. The van der Waals surface area contributed by atoms with Gasteiger partial charge in [-0.05, 0) is 56.7 Å². The van der Waals surface area contributed by atoms with E-state index in [0.717, 1.165) is 26.7 Å². The number of nitrogens with zero attached hydrogens (tertiary/aromatic N) is 3. The van der Waals surface area contributed by atoms with Gasteiger partial charge in [-0.1, -0.05) is 38.8 Å². The number of fused-ring (bicyclic) bond motifs is 1. The van der Waals surface area contributed by atoms with Crippen molar-refractivity contribution in [2.24, 2.45) is 5.10 Å². The van der Waals surface area contributed by atoms with Crippen molar-refractivity contribution in [2.75, 3.05) is 0 Å². The summed E-state index contributed by atoms with van der Waals surface area (Å²) in [6.07, 6.45) is 2.61. The average molecular weight is 493 g/mol. The second kappa shape index (κ2) is 8.35. The van der Waals surface area contributed by atoms with Gasteiger partial charge < -0.3 is 4.74 Å². The lowest BCUT2D eigenvalue weighted by Crippen LogP contribution is -2.20. The van der Waals surface area contributed by atoms with E-state index in [1.54, 1.807) is 19.2 Å². The molecule has 3 aromatic rings. The zero-order chi connectivity index (χ0) is 19.6. The van der Waals surface area contributed by atoms with E-state index in [2.05, 4.69) is 48.9 Å². The molecule has 1 atom stereocenters. The molecule has 5 nitrogen and oxygen atoms in total. The summed E-state index contributed by atoms with van der Waals surface area (Å²) in [5, 5.41) is 4.90. The lowest BCUT2D eigenvalue weighted by molar-refractivity contribution is 0.217. The van der Waals surface area contributed by atoms with E-state index < -0.39 is 0 Å². The summed E-state index contributed by atoms with van der Waals surface area (Å²) in [6, 6.07) is 11.2. The van der Waals surface area contributed by atoms with Crippen LogP contribution in [0.5, 0.6) is 5.75 Å². The van der Waals surface area contributed by atoms with Crippen LogP contribution in [0.3, 0.4) is 0 Å². The van der Waals surface area contributed by atoms with Gasteiger partial charge in [0, 0.05) is 14.5 Å². The molecule has 140 valence electrons. The summed E-state index contributed by atoms with van der Waals surface area (Å²) in [4.78, 5) is 17.3. The third kappa shape index (κ3) is 4.47. The summed E-state index contributed by atoms with van der Waals surface area (Å²) in [5.74, 6) is 1.24. The number of benzene rings is 2. The second-order valence-corrected chi connectivity index (χ2v) is 8.03. The van der Waals surface area contributed by atoms with Crippen molar-refractivity contribution in [1.82, 2.24) is 9.66 Å². The van der Waals surface area contributed by atoms with Gasteiger partial charge in [0.2, 0.25) is 0 Å². The molecule has 0 unspecified atom stereocenters. The van der Waals surface area contributed by atoms with Crippen LogP contribution < -0.4 is 10.3 Å². The molecule has 0 amide bonds. The summed E-state index contributed by atoms with van der Waals surface area (Å²) in [7, 11) is 0. The summed E-state index contributed by atoms with van der Waals surface area (Å²) >= 11 is 6.87. The zero-order valence-corrected chi connectivity index (χ0v) is 18.4. The van der Waals surface area contributed by atoms with Gasteiger partial charge in [-0.15, -0.1) is 0 Å². The Morgan fingerprint density at radius 3 is 2.67 bits per heavy atom. The molecule has 0 N–H and O–H groups in total. The predicted octanol–water partition coefficient (Wildman–Crippen LogP) is 5.29. The first kappa shape index (κ1) is 19.8. The number of halogens is 2. The van der Waals surface area contributed by atoms with Gasteiger partial charge >= 0.3 is 0 Å². The molecule has 0 spiro atoms. The summed E-state index contributed by atoms with van der Waals surface area (Å²) in [5.41, 5.74) is 1.22. The molecule has 7 heteroatoms. The average Bonchev–Trinajstić information content (AvgIpc) is 2.64. The zero-order valence-electron chi connectivity index (χ0n) is 15.2. The van der Waals surface area contributed by atoms with Crippen molar-refractivity contribution in [3.05, 3.63) is 67.1 Å². The molecule has 0 aliphatic carbocycles. The van der Waals surface area contributed by atoms with Crippen molar-refractivity contribution in [3.8, 4) is 5.75 Å². The maximum atomic E-state index is 12.8. The Morgan fingerprint density at radius 1 is 1.22 bits per heavy atom. The fraction of sp³-hybridized carbons (Fsp3) is 0.250. The fourth-order valence-electron chi connectivity index (χ4n) is 2.54. The molecule has 0 radical (unpaired) electrons. The highest BCUT2D eigenvalue weighted by Gasteiger charge is 2.10. The molecular formula is C20H19Br2N3O2. The van der Waals surface area contributed by atoms with Crippen LogP contribution in [-0.4, -0.2) is 22.0 Å². The molecule has 1 aromatic heterocycles.